The number of hydrogen-bond acceptors (Lipinski definition) is 3. The minimum atomic E-state index is -0.925. The molecule has 190 valence electrons. The van der Waals surface area contributed by atoms with E-state index in [1.165, 1.54) is 28.7 Å². The van der Waals surface area contributed by atoms with Gasteiger partial charge in [-0.25, -0.2) is 0 Å². The van der Waals surface area contributed by atoms with Gasteiger partial charge in [-0.15, -0.1) is 0 Å². The molecule has 36 heavy (non-hydrogen) atoms. The van der Waals surface area contributed by atoms with Crippen LogP contribution in [-0.2, 0) is 30.2 Å². The molecule has 3 unspecified atom stereocenters. The van der Waals surface area contributed by atoms with Crippen LogP contribution in [0.25, 0.3) is 0 Å². The smallest absolute Gasteiger partial charge is 0.0529 e. The number of nitrogens with zero attached hydrogens (tertiary/aromatic N) is 2. The SMILES string of the molecule is CC1C=CC=C(CN2C=CC(CCS(=O)c3ccc4c(c3)CCN(Cc3ccccc3)CC4)CC2)C1. The van der Waals surface area contributed by atoms with E-state index < -0.39 is 10.8 Å². The molecule has 2 aromatic carbocycles. The minimum Gasteiger partial charge on any atom is -0.374 e. The van der Waals surface area contributed by atoms with Gasteiger partial charge >= 0.3 is 0 Å². The molecule has 0 amide bonds. The molecule has 3 nitrogen and oxygen atoms in total. The van der Waals surface area contributed by atoms with Gasteiger partial charge in [0.25, 0.3) is 0 Å². The fourth-order valence-corrected chi connectivity index (χ4v) is 6.94. The molecule has 2 aromatic rings. The average Bonchev–Trinajstić information content (AvgIpc) is 3.10. The Balaban J connectivity index is 1.10. The van der Waals surface area contributed by atoms with Crippen LogP contribution in [0.15, 0.2) is 89.5 Å². The maximum Gasteiger partial charge on any atom is 0.0529 e. The number of rotatable bonds is 8. The summed E-state index contributed by atoms with van der Waals surface area (Å²) in [4.78, 5) is 6.00. The molecular formula is C32H40N2OS. The number of allylic oxidation sites excluding steroid dienone is 4. The van der Waals surface area contributed by atoms with Crippen molar-refractivity contribution in [1.82, 2.24) is 9.80 Å². The molecule has 0 bridgehead atoms. The Labute approximate surface area is 220 Å². The van der Waals surface area contributed by atoms with Crippen LogP contribution in [-0.4, -0.2) is 45.9 Å². The van der Waals surface area contributed by atoms with Gasteiger partial charge in [-0.05, 0) is 79.0 Å². The normalized spacial score (nSPS) is 23.1. The number of hydrogen-bond donors (Lipinski definition) is 0. The molecule has 5 rings (SSSR count). The molecule has 3 aliphatic rings. The van der Waals surface area contributed by atoms with E-state index in [4.69, 9.17) is 0 Å². The van der Waals surface area contributed by atoms with Gasteiger partial charge < -0.3 is 4.90 Å². The molecule has 0 fully saturated rings. The van der Waals surface area contributed by atoms with Gasteiger partial charge in [-0.2, -0.15) is 0 Å². The zero-order chi connectivity index (χ0) is 24.7. The summed E-state index contributed by atoms with van der Waals surface area (Å²) in [5.74, 6) is 1.95. The minimum absolute atomic E-state index is 0.539. The third-order valence-corrected chi connectivity index (χ3v) is 9.26. The maximum absolute atomic E-state index is 13.2. The summed E-state index contributed by atoms with van der Waals surface area (Å²) in [6.45, 7) is 7.59. The van der Waals surface area contributed by atoms with Gasteiger partial charge in [-0.1, -0.05) is 73.2 Å². The lowest BCUT2D eigenvalue weighted by atomic mass is 9.94. The molecule has 2 aliphatic heterocycles. The van der Waals surface area contributed by atoms with E-state index in [9.17, 15) is 4.21 Å². The van der Waals surface area contributed by atoms with E-state index in [-0.39, 0.29) is 0 Å². The van der Waals surface area contributed by atoms with E-state index in [0.29, 0.717) is 11.8 Å². The van der Waals surface area contributed by atoms with Crippen LogP contribution in [0.1, 0.15) is 42.9 Å². The van der Waals surface area contributed by atoms with Crippen LogP contribution < -0.4 is 0 Å². The summed E-state index contributed by atoms with van der Waals surface area (Å²) >= 11 is 0. The predicted molar refractivity (Wildman–Crippen MR) is 151 cm³/mol. The van der Waals surface area contributed by atoms with Crippen molar-refractivity contribution < 1.29 is 4.21 Å². The van der Waals surface area contributed by atoms with Gasteiger partial charge in [0, 0.05) is 43.4 Å². The van der Waals surface area contributed by atoms with Crippen LogP contribution in [0.2, 0.25) is 0 Å². The highest BCUT2D eigenvalue weighted by molar-refractivity contribution is 7.85. The summed E-state index contributed by atoms with van der Waals surface area (Å²) in [5, 5.41) is 0. The zero-order valence-corrected chi connectivity index (χ0v) is 22.5. The molecule has 1 aliphatic carbocycles. The Morgan fingerprint density at radius 3 is 2.56 bits per heavy atom. The molecule has 3 atom stereocenters. The topological polar surface area (TPSA) is 23.6 Å². The Hall–Kier alpha value is -2.43. The first-order valence-electron chi connectivity index (χ1n) is 13.7. The first-order chi connectivity index (χ1) is 17.6. The predicted octanol–water partition coefficient (Wildman–Crippen LogP) is 6.14. The molecule has 0 saturated heterocycles. The standard InChI is InChI=1S/C32H40N2OS/c1-26-6-5-9-29(22-26)25-33-17-12-27(13-18-33)16-21-36(35)32-11-10-30-14-19-34(20-15-31(30)23-32)24-28-7-3-2-4-8-28/h2-12,17,23,26-27H,13-16,18-22,24-25H2,1H3. The number of benzene rings is 2. The van der Waals surface area contributed by atoms with Gasteiger partial charge in [0.15, 0.2) is 0 Å². The Morgan fingerprint density at radius 2 is 1.78 bits per heavy atom. The number of fused-ring (bicyclic) bond motifs is 1. The van der Waals surface area contributed by atoms with E-state index in [1.54, 1.807) is 0 Å². The maximum atomic E-state index is 13.2. The Morgan fingerprint density at radius 1 is 0.944 bits per heavy atom. The average molecular weight is 501 g/mol. The molecule has 4 heteroatoms. The van der Waals surface area contributed by atoms with Crippen molar-refractivity contribution in [3.63, 3.8) is 0 Å². The molecule has 0 radical (unpaired) electrons. The highest BCUT2D eigenvalue weighted by atomic mass is 32.2. The quantitative estimate of drug-likeness (QED) is 0.435. The van der Waals surface area contributed by atoms with Crippen molar-refractivity contribution in [2.75, 3.05) is 31.9 Å². The van der Waals surface area contributed by atoms with Gasteiger partial charge in [0.2, 0.25) is 0 Å². The fourth-order valence-electron chi connectivity index (χ4n) is 5.69. The van der Waals surface area contributed by atoms with Crippen LogP contribution in [0.5, 0.6) is 0 Å². The van der Waals surface area contributed by atoms with E-state index in [2.05, 4.69) is 95.8 Å². The first kappa shape index (κ1) is 25.2. The summed E-state index contributed by atoms with van der Waals surface area (Å²) in [6, 6.07) is 17.3. The van der Waals surface area contributed by atoms with E-state index in [1.807, 2.05) is 0 Å². The van der Waals surface area contributed by atoms with Crippen LogP contribution in [0.3, 0.4) is 0 Å². The highest BCUT2D eigenvalue weighted by Crippen LogP contribution is 2.25. The molecule has 0 N–H and O–H groups in total. The Bertz CT molecular complexity index is 1140. The molecule has 2 heterocycles. The first-order valence-corrected chi connectivity index (χ1v) is 15.0. The molecule has 0 spiro atoms. The second-order valence-electron chi connectivity index (χ2n) is 10.8. The lowest BCUT2D eigenvalue weighted by molar-refractivity contribution is 0.279. The van der Waals surface area contributed by atoms with Crippen molar-refractivity contribution in [1.29, 1.82) is 0 Å². The van der Waals surface area contributed by atoms with Crippen molar-refractivity contribution in [2.24, 2.45) is 11.8 Å². The van der Waals surface area contributed by atoms with E-state index in [0.717, 1.165) is 69.1 Å². The second kappa shape index (κ2) is 12.2. The lowest BCUT2D eigenvalue weighted by Crippen LogP contribution is -2.27. The van der Waals surface area contributed by atoms with Crippen LogP contribution in [0.4, 0.5) is 0 Å². The van der Waals surface area contributed by atoms with Crippen molar-refractivity contribution >= 4 is 10.8 Å². The summed E-state index contributed by atoms with van der Waals surface area (Å²) in [5.41, 5.74) is 5.73. The zero-order valence-electron chi connectivity index (χ0n) is 21.6. The van der Waals surface area contributed by atoms with Crippen molar-refractivity contribution in [3.8, 4) is 0 Å². The second-order valence-corrected chi connectivity index (χ2v) is 12.4. The van der Waals surface area contributed by atoms with Gasteiger partial charge in [-0.3, -0.25) is 9.11 Å². The highest BCUT2D eigenvalue weighted by Gasteiger charge is 2.19. The third-order valence-electron chi connectivity index (χ3n) is 7.88. The largest absolute Gasteiger partial charge is 0.374 e. The molecular weight excluding hydrogens is 460 g/mol. The fraction of sp³-hybridized carbons (Fsp3) is 0.438. The van der Waals surface area contributed by atoms with E-state index >= 15 is 0 Å². The molecule has 0 saturated carbocycles. The third kappa shape index (κ3) is 6.86. The summed E-state index contributed by atoms with van der Waals surface area (Å²) in [6.07, 6.45) is 16.9. The van der Waals surface area contributed by atoms with Crippen LogP contribution in [0, 0.1) is 11.8 Å². The van der Waals surface area contributed by atoms with Gasteiger partial charge in [0.05, 0.1) is 10.8 Å². The summed E-state index contributed by atoms with van der Waals surface area (Å²) < 4.78 is 13.2. The Kier molecular flexibility index (Phi) is 8.55. The van der Waals surface area contributed by atoms with Gasteiger partial charge in [0.1, 0.15) is 0 Å². The van der Waals surface area contributed by atoms with Crippen molar-refractivity contribution in [3.05, 3.63) is 101 Å². The lowest BCUT2D eigenvalue weighted by Gasteiger charge is -2.29. The van der Waals surface area contributed by atoms with Crippen molar-refractivity contribution in [2.45, 2.75) is 50.5 Å². The monoisotopic (exact) mass is 500 g/mol. The summed E-state index contributed by atoms with van der Waals surface area (Å²) in [7, 11) is -0.925. The molecule has 0 aromatic heterocycles. The van der Waals surface area contributed by atoms with Crippen LogP contribution >= 0.6 is 0 Å².